The van der Waals surface area contributed by atoms with E-state index in [9.17, 15) is 9.59 Å². The first-order valence-electron chi connectivity index (χ1n) is 4.47. The van der Waals surface area contributed by atoms with Crippen LogP contribution in [0.15, 0.2) is 24.3 Å². The van der Waals surface area contributed by atoms with Gasteiger partial charge in [0, 0.05) is 7.05 Å². The highest BCUT2D eigenvalue weighted by Gasteiger charge is 2.38. The van der Waals surface area contributed by atoms with Gasteiger partial charge in [0.15, 0.2) is 11.5 Å². The summed E-state index contributed by atoms with van der Waals surface area (Å²) in [4.78, 5) is 23.9. The molecular weight excluding hydrogens is 182 g/mol. The minimum absolute atomic E-state index is 0.0277. The average molecular weight is 193 g/mol. The van der Waals surface area contributed by atoms with Gasteiger partial charge >= 0.3 is 0 Å². The van der Waals surface area contributed by atoms with Crippen molar-refractivity contribution in [3.8, 4) is 0 Å². The Bertz CT molecular complexity index is 327. The number of ether oxygens (including phenoxy) is 1. The topological polar surface area (TPSA) is 46.6 Å². The normalized spacial score (nSPS) is 24.8. The standard InChI is InChI=1S/C10H11NO3/c1-11-9(13)4-7-14-10(11)5-2-8(12)3-6-10/h2-3,5-6H,4,7H2,1H3. The second kappa shape index (κ2) is 3.06. The van der Waals surface area contributed by atoms with Crippen molar-refractivity contribution in [3.63, 3.8) is 0 Å². The lowest BCUT2D eigenvalue weighted by atomic mass is 10.0. The van der Waals surface area contributed by atoms with Gasteiger partial charge in [-0.1, -0.05) is 0 Å². The average Bonchev–Trinajstić information content (AvgIpc) is 2.19. The van der Waals surface area contributed by atoms with E-state index >= 15 is 0 Å². The van der Waals surface area contributed by atoms with E-state index in [1.807, 2.05) is 0 Å². The number of ketones is 1. The molecule has 0 radical (unpaired) electrons. The number of likely N-dealkylation sites (N-methyl/N-ethyl adjacent to an activating group) is 1. The fourth-order valence-electron chi connectivity index (χ4n) is 1.60. The summed E-state index contributed by atoms with van der Waals surface area (Å²) in [6, 6.07) is 0. The number of hydrogen-bond acceptors (Lipinski definition) is 3. The van der Waals surface area contributed by atoms with E-state index in [1.54, 1.807) is 19.2 Å². The van der Waals surface area contributed by atoms with E-state index in [2.05, 4.69) is 0 Å². The van der Waals surface area contributed by atoms with Crippen molar-refractivity contribution < 1.29 is 14.3 Å². The van der Waals surface area contributed by atoms with Gasteiger partial charge < -0.3 is 9.64 Å². The predicted molar refractivity (Wildman–Crippen MR) is 49.4 cm³/mol. The van der Waals surface area contributed by atoms with Crippen LogP contribution in [0.1, 0.15) is 6.42 Å². The fraction of sp³-hybridized carbons (Fsp3) is 0.400. The van der Waals surface area contributed by atoms with E-state index < -0.39 is 5.72 Å². The molecule has 2 aliphatic rings. The lowest BCUT2D eigenvalue weighted by Gasteiger charge is -2.41. The maximum atomic E-state index is 11.4. The van der Waals surface area contributed by atoms with Gasteiger partial charge in [-0.05, 0) is 24.3 Å². The minimum atomic E-state index is -0.830. The molecule has 4 nitrogen and oxygen atoms in total. The molecule has 0 aromatic carbocycles. The van der Waals surface area contributed by atoms with Crippen molar-refractivity contribution in [2.45, 2.75) is 12.1 Å². The van der Waals surface area contributed by atoms with Crippen molar-refractivity contribution in [1.82, 2.24) is 4.90 Å². The summed E-state index contributed by atoms with van der Waals surface area (Å²) in [5.41, 5.74) is -0.830. The molecule has 1 fully saturated rings. The summed E-state index contributed by atoms with van der Waals surface area (Å²) in [7, 11) is 1.67. The number of rotatable bonds is 0. The molecule has 0 aromatic heterocycles. The summed E-state index contributed by atoms with van der Waals surface area (Å²) in [6.07, 6.45) is 6.48. The Hall–Kier alpha value is -1.42. The summed E-state index contributed by atoms with van der Waals surface area (Å²) < 4.78 is 5.52. The molecule has 0 N–H and O–H groups in total. The summed E-state index contributed by atoms with van der Waals surface area (Å²) in [5.74, 6) is -0.0504. The van der Waals surface area contributed by atoms with Gasteiger partial charge in [-0.15, -0.1) is 0 Å². The van der Waals surface area contributed by atoms with Crippen molar-refractivity contribution in [1.29, 1.82) is 0 Å². The molecule has 2 rings (SSSR count). The molecule has 0 bridgehead atoms. The van der Waals surface area contributed by atoms with Crippen LogP contribution < -0.4 is 0 Å². The van der Waals surface area contributed by atoms with E-state index in [0.29, 0.717) is 13.0 Å². The van der Waals surface area contributed by atoms with E-state index in [1.165, 1.54) is 17.1 Å². The van der Waals surface area contributed by atoms with Gasteiger partial charge in [-0.2, -0.15) is 0 Å². The molecule has 14 heavy (non-hydrogen) atoms. The van der Waals surface area contributed by atoms with Crippen LogP contribution in [0.25, 0.3) is 0 Å². The molecule has 74 valence electrons. The Labute approximate surface area is 81.8 Å². The fourth-order valence-corrected chi connectivity index (χ4v) is 1.60. The Balaban J connectivity index is 2.31. The van der Waals surface area contributed by atoms with Crippen LogP contribution in [-0.4, -0.2) is 36.0 Å². The second-order valence-corrected chi connectivity index (χ2v) is 3.37. The van der Waals surface area contributed by atoms with Gasteiger partial charge in [0.25, 0.3) is 0 Å². The summed E-state index contributed by atoms with van der Waals surface area (Å²) >= 11 is 0. The zero-order valence-corrected chi connectivity index (χ0v) is 7.90. The SMILES string of the molecule is CN1C(=O)CCOC12C=CC(=O)C=C2. The van der Waals surface area contributed by atoms with Crippen LogP contribution in [0.4, 0.5) is 0 Å². The highest BCUT2D eigenvalue weighted by atomic mass is 16.5. The summed E-state index contributed by atoms with van der Waals surface area (Å²) in [5, 5.41) is 0. The van der Waals surface area contributed by atoms with Gasteiger partial charge in [-0.25, -0.2) is 0 Å². The molecule has 1 aliphatic heterocycles. The molecule has 0 saturated carbocycles. The molecule has 0 atom stereocenters. The highest BCUT2D eigenvalue weighted by Crippen LogP contribution is 2.27. The third-order valence-corrected chi connectivity index (χ3v) is 2.52. The molecule has 0 unspecified atom stereocenters. The minimum Gasteiger partial charge on any atom is -0.348 e. The summed E-state index contributed by atoms with van der Waals surface area (Å²) in [6.45, 7) is 0.395. The van der Waals surface area contributed by atoms with Crippen LogP contribution in [-0.2, 0) is 14.3 Å². The van der Waals surface area contributed by atoms with Crippen molar-refractivity contribution in [3.05, 3.63) is 24.3 Å². The first kappa shape index (κ1) is 9.15. The third-order valence-electron chi connectivity index (χ3n) is 2.52. The lowest BCUT2D eigenvalue weighted by Crippen LogP contribution is -2.53. The predicted octanol–water partition coefficient (Wildman–Crippen LogP) is 0.256. The quantitative estimate of drug-likeness (QED) is 0.554. The molecule has 1 amide bonds. The first-order valence-corrected chi connectivity index (χ1v) is 4.47. The third kappa shape index (κ3) is 1.28. The van der Waals surface area contributed by atoms with Crippen LogP contribution in [0.2, 0.25) is 0 Å². The number of carbonyl (C=O) groups is 2. The second-order valence-electron chi connectivity index (χ2n) is 3.37. The molecule has 0 aromatic rings. The largest absolute Gasteiger partial charge is 0.348 e. The molecule has 1 heterocycles. The molecule has 4 heteroatoms. The van der Waals surface area contributed by atoms with E-state index in [-0.39, 0.29) is 11.7 Å². The van der Waals surface area contributed by atoms with Crippen molar-refractivity contribution in [2.75, 3.05) is 13.7 Å². The Morgan fingerprint density at radius 3 is 2.64 bits per heavy atom. The Kier molecular flexibility index (Phi) is 2.00. The maximum absolute atomic E-state index is 11.4. The maximum Gasteiger partial charge on any atom is 0.227 e. The zero-order valence-electron chi connectivity index (χ0n) is 7.90. The van der Waals surface area contributed by atoms with Crippen LogP contribution in [0.5, 0.6) is 0 Å². The lowest BCUT2D eigenvalue weighted by molar-refractivity contribution is -0.164. The van der Waals surface area contributed by atoms with Gasteiger partial charge in [0.2, 0.25) is 5.91 Å². The van der Waals surface area contributed by atoms with Gasteiger partial charge in [-0.3, -0.25) is 9.59 Å². The Morgan fingerprint density at radius 2 is 2.00 bits per heavy atom. The van der Waals surface area contributed by atoms with E-state index in [0.717, 1.165) is 0 Å². The zero-order chi connectivity index (χ0) is 10.2. The monoisotopic (exact) mass is 193 g/mol. The van der Waals surface area contributed by atoms with Crippen LogP contribution in [0, 0.1) is 0 Å². The van der Waals surface area contributed by atoms with Crippen LogP contribution >= 0.6 is 0 Å². The first-order chi connectivity index (χ1) is 6.64. The smallest absolute Gasteiger partial charge is 0.227 e. The number of allylic oxidation sites excluding steroid dienone is 2. The molecule has 1 spiro atoms. The van der Waals surface area contributed by atoms with Gasteiger partial charge in [0.1, 0.15) is 0 Å². The molecule has 1 saturated heterocycles. The van der Waals surface area contributed by atoms with Crippen molar-refractivity contribution >= 4 is 11.7 Å². The number of hydrogen-bond donors (Lipinski definition) is 0. The highest BCUT2D eigenvalue weighted by molar-refractivity contribution is 6.00. The number of nitrogens with zero attached hydrogens (tertiary/aromatic N) is 1. The van der Waals surface area contributed by atoms with E-state index in [4.69, 9.17) is 4.74 Å². The number of carbonyl (C=O) groups excluding carboxylic acids is 2. The molecule has 1 aliphatic carbocycles. The van der Waals surface area contributed by atoms with Crippen LogP contribution in [0.3, 0.4) is 0 Å². The Morgan fingerprint density at radius 1 is 1.36 bits per heavy atom. The van der Waals surface area contributed by atoms with Gasteiger partial charge in [0.05, 0.1) is 13.0 Å². The number of amides is 1. The molecular formula is C10H11NO3. The van der Waals surface area contributed by atoms with Crippen molar-refractivity contribution in [2.24, 2.45) is 0 Å².